The first-order valence-corrected chi connectivity index (χ1v) is 6.79. The van der Waals surface area contributed by atoms with Gasteiger partial charge in [0.2, 0.25) is 0 Å². The number of carbonyl (C=O) groups is 1. The largest absolute Gasteiger partial charge is 0.369 e. The van der Waals surface area contributed by atoms with E-state index >= 15 is 0 Å². The van der Waals surface area contributed by atoms with Crippen molar-refractivity contribution < 1.29 is 4.79 Å². The molecule has 0 spiro atoms. The average Bonchev–Trinajstić information content (AvgIpc) is 2.40. The van der Waals surface area contributed by atoms with Crippen molar-refractivity contribution in [3.63, 3.8) is 0 Å². The third-order valence-electron chi connectivity index (χ3n) is 3.55. The van der Waals surface area contributed by atoms with Crippen LogP contribution in [-0.4, -0.2) is 43.4 Å². The maximum Gasteiger partial charge on any atom is 0.159 e. The minimum atomic E-state index is 0.134. The molecular weight excluding hydrogens is 224 g/mol. The lowest BCUT2D eigenvalue weighted by molar-refractivity contribution is 0.101. The van der Waals surface area contributed by atoms with Crippen LogP contribution in [0.4, 0.5) is 5.69 Å². The minimum absolute atomic E-state index is 0.134. The topological polar surface area (TPSA) is 23.6 Å². The van der Waals surface area contributed by atoms with E-state index in [2.05, 4.69) is 28.9 Å². The fraction of sp³-hybridized carbons (Fsp3) is 0.533. The number of benzene rings is 1. The van der Waals surface area contributed by atoms with Crippen molar-refractivity contribution in [1.29, 1.82) is 0 Å². The van der Waals surface area contributed by atoms with Gasteiger partial charge < -0.3 is 4.90 Å². The van der Waals surface area contributed by atoms with E-state index in [-0.39, 0.29) is 5.78 Å². The number of Topliss-reactive ketones (excluding diaryl/α,β-unsaturated/α-hetero) is 1. The summed E-state index contributed by atoms with van der Waals surface area (Å²) in [7, 11) is 0. The molecule has 3 heteroatoms. The van der Waals surface area contributed by atoms with E-state index in [1.165, 1.54) is 18.7 Å². The van der Waals surface area contributed by atoms with Crippen molar-refractivity contribution in [3.8, 4) is 0 Å². The Morgan fingerprint density at radius 1 is 1.11 bits per heavy atom. The fourth-order valence-corrected chi connectivity index (χ4v) is 2.45. The molecule has 1 aromatic carbocycles. The van der Waals surface area contributed by atoms with Crippen LogP contribution in [0.2, 0.25) is 0 Å². The van der Waals surface area contributed by atoms with E-state index in [1.807, 2.05) is 12.1 Å². The van der Waals surface area contributed by atoms with Crippen LogP contribution in [-0.2, 0) is 0 Å². The third-order valence-corrected chi connectivity index (χ3v) is 3.55. The molecule has 0 aromatic heterocycles. The molecule has 2 rings (SSSR count). The highest BCUT2D eigenvalue weighted by Crippen LogP contribution is 2.17. The van der Waals surface area contributed by atoms with Crippen LogP contribution in [0.1, 0.15) is 30.6 Å². The average molecular weight is 246 g/mol. The van der Waals surface area contributed by atoms with Gasteiger partial charge in [0, 0.05) is 37.4 Å². The van der Waals surface area contributed by atoms with Gasteiger partial charge in [-0.05, 0) is 44.2 Å². The normalized spacial score (nSPS) is 16.9. The quantitative estimate of drug-likeness (QED) is 0.762. The van der Waals surface area contributed by atoms with Crippen LogP contribution in [0.5, 0.6) is 0 Å². The molecule has 1 saturated heterocycles. The Balaban J connectivity index is 1.95. The molecule has 0 bridgehead atoms. The Labute approximate surface area is 109 Å². The Morgan fingerprint density at radius 2 is 1.72 bits per heavy atom. The predicted octanol–water partition coefficient (Wildman–Crippen LogP) is 2.42. The van der Waals surface area contributed by atoms with Crippen LogP contribution in [0.3, 0.4) is 0 Å². The number of nitrogens with zero attached hydrogens (tertiary/aromatic N) is 2. The molecule has 0 radical (unpaired) electrons. The summed E-state index contributed by atoms with van der Waals surface area (Å²) in [6.07, 6.45) is 1.23. The second kappa shape index (κ2) is 6.01. The summed E-state index contributed by atoms with van der Waals surface area (Å²) in [5, 5.41) is 0. The zero-order chi connectivity index (χ0) is 13.0. The third kappa shape index (κ3) is 3.10. The first-order chi connectivity index (χ1) is 8.70. The van der Waals surface area contributed by atoms with Gasteiger partial charge >= 0.3 is 0 Å². The smallest absolute Gasteiger partial charge is 0.159 e. The maximum absolute atomic E-state index is 11.2. The predicted molar refractivity (Wildman–Crippen MR) is 75.4 cm³/mol. The molecule has 1 fully saturated rings. The van der Waals surface area contributed by atoms with Gasteiger partial charge in [0.1, 0.15) is 0 Å². The van der Waals surface area contributed by atoms with E-state index < -0.39 is 0 Å². The summed E-state index contributed by atoms with van der Waals surface area (Å²) >= 11 is 0. The second-order valence-corrected chi connectivity index (χ2v) is 4.93. The SMILES string of the molecule is CCCN1CCN(c2ccc(C(C)=O)cc2)CC1. The van der Waals surface area contributed by atoms with Gasteiger partial charge in [-0.15, -0.1) is 0 Å². The Hall–Kier alpha value is -1.35. The number of hydrogen-bond donors (Lipinski definition) is 0. The first-order valence-electron chi connectivity index (χ1n) is 6.79. The molecule has 1 heterocycles. The van der Waals surface area contributed by atoms with Crippen molar-refractivity contribution in [3.05, 3.63) is 29.8 Å². The number of carbonyl (C=O) groups excluding carboxylic acids is 1. The summed E-state index contributed by atoms with van der Waals surface area (Å²) in [4.78, 5) is 16.1. The first kappa shape index (κ1) is 13.1. The van der Waals surface area contributed by atoms with E-state index in [4.69, 9.17) is 0 Å². The molecule has 0 unspecified atom stereocenters. The van der Waals surface area contributed by atoms with Crippen LogP contribution in [0.25, 0.3) is 0 Å². The van der Waals surface area contributed by atoms with Crippen LogP contribution >= 0.6 is 0 Å². The van der Waals surface area contributed by atoms with E-state index in [9.17, 15) is 4.79 Å². The zero-order valence-corrected chi connectivity index (χ0v) is 11.4. The molecular formula is C15H22N2O. The monoisotopic (exact) mass is 246 g/mol. The molecule has 0 aliphatic carbocycles. The van der Waals surface area contributed by atoms with Gasteiger partial charge in [-0.1, -0.05) is 6.92 Å². The molecule has 98 valence electrons. The minimum Gasteiger partial charge on any atom is -0.369 e. The Bertz CT molecular complexity index is 391. The lowest BCUT2D eigenvalue weighted by Crippen LogP contribution is -2.46. The fourth-order valence-electron chi connectivity index (χ4n) is 2.45. The van der Waals surface area contributed by atoms with Crippen LogP contribution in [0.15, 0.2) is 24.3 Å². The molecule has 0 amide bonds. The molecule has 0 N–H and O–H groups in total. The molecule has 0 atom stereocenters. The van der Waals surface area contributed by atoms with Crippen LogP contribution < -0.4 is 4.90 Å². The molecule has 0 saturated carbocycles. The van der Waals surface area contributed by atoms with E-state index in [1.54, 1.807) is 6.92 Å². The molecule has 1 aliphatic rings. The number of ketones is 1. The summed E-state index contributed by atoms with van der Waals surface area (Å²) in [6.45, 7) is 9.49. The van der Waals surface area contributed by atoms with Gasteiger partial charge in [-0.2, -0.15) is 0 Å². The Morgan fingerprint density at radius 3 is 2.22 bits per heavy atom. The molecule has 18 heavy (non-hydrogen) atoms. The van der Waals surface area contributed by atoms with Crippen molar-refractivity contribution in [2.24, 2.45) is 0 Å². The highest BCUT2D eigenvalue weighted by molar-refractivity contribution is 5.94. The number of hydrogen-bond acceptors (Lipinski definition) is 3. The standard InChI is InChI=1S/C15H22N2O/c1-3-8-16-9-11-17(12-10-16)15-6-4-14(5-7-15)13(2)18/h4-7H,3,8-12H2,1-2H3. The zero-order valence-electron chi connectivity index (χ0n) is 11.4. The Kier molecular flexibility index (Phi) is 4.37. The maximum atomic E-state index is 11.2. The van der Waals surface area contributed by atoms with E-state index in [0.29, 0.717) is 0 Å². The lowest BCUT2D eigenvalue weighted by Gasteiger charge is -2.36. The second-order valence-electron chi connectivity index (χ2n) is 4.93. The van der Waals surface area contributed by atoms with Gasteiger partial charge in [-0.3, -0.25) is 9.69 Å². The van der Waals surface area contributed by atoms with Gasteiger partial charge in [0.25, 0.3) is 0 Å². The highest BCUT2D eigenvalue weighted by Gasteiger charge is 2.16. The summed E-state index contributed by atoms with van der Waals surface area (Å²) in [5.41, 5.74) is 2.03. The summed E-state index contributed by atoms with van der Waals surface area (Å²) in [6, 6.07) is 7.98. The van der Waals surface area contributed by atoms with Gasteiger partial charge in [0.05, 0.1) is 0 Å². The van der Waals surface area contributed by atoms with Crippen molar-refractivity contribution in [1.82, 2.24) is 4.90 Å². The number of piperazine rings is 1. The lowest BCUT2D eigenvalue weighted by atomic mass is 10.1. The number of rotatable bonds is 4. The van der Waals surface area contributed by atoms with Crippen molar-refractivity contribution in [2.45, 2.75) is 20.3 Å². The van der Waals surface area contributed by atoms with Gasteiger partial charge in [0.15, 0.2) is 5.78 Å². The van der Waals surface area contributed by atoms with E-state index in [0.717, 1.165) is 31.7 Å². The molecule has 1 aromatic rings. The van der Waals surface area contributed by atoms with Crippen molar-refractivity contribution in [2.75, 3.05) is 37.6 Å². The van der Waals surface area contributed by atoms with Crippen molar-refractivity contribution >= 4 is 11.5 Å². The highest BCUT2D eigenvalue weighted by atomic mass is 16.1. The van der Waals surface area contributed by atoms with Gasteiger partial charge in [-0.25, -0.2) is 0 Å². The summed E-state index contributed by atoms with van der Waals surface area (Å²) < 4.78 is 0. The summed E-state index contributed by atoms with van der Waals surface area (Å²) in [5.74, 6) is 0.134. The number of anilines is 1. The molecule has 1 aliphatic heterocycles. The molecule has 3 nitrogen and oxygen atoms in total. The van der Waals surface area contributed by atoms with Crippen LogP contribution in [0, 0.1) is 0 Å².